The van der Waals surface area contributed by atoms with Gasteiger partial charge in [-0.05, 0) is 81.9 Å². The summed E-state index contributed by atoms with van der Waals surface area (Å²) in [6.45, 7) is 4.68. The van der Waals surface area contributed by atoms with Gasteiger partial charge in [0.25, 0.3) is 0 Å². The predicted molar refractivity (Wildman–Crippen MR) is 181 cm³/mol. The highest BCUT2D eigenvalue weighted by atomic mass is 15.1. The second kappa shape index (κ2) is 8.83. The first-order valence-corrected chi connectivity index (χ1v) is 15.0. The van der Waals surface area contributed by atoms with Crippen molar-refractivity contribution in [1.82, 2.24) is 9.13 Å². The van der Waals surface area contributed by atoms with Crippen LogP contribution in [0.3, 0.4) is 0 Å². The lowest BCUT2D eigenvalue weighted by Crippen LogP contribution is -2.14. The Labute approximate surface area is 251 Å². The Morgan fingerprint density at radius 1 is 0.442 bits per heavy atom. The second-order valence-electron chi connectivity index (χ2n) is 12.2. The Kier molecular flexibility index (Phi) is 4.99. The van der Waals surface area contributed by atoms with Crippen molar-refractivity contribution in [3.8, 4) is 33.6 Å². The quantitative estimate of drug-likeness (QED) is 0.207. The average Bonchev–Trinajstić information content (AvgIpc) is 3.65. The molecule has 0 saturated carbocycles. The molecule has 0 unspecified atom stereocenters. The Hall–Kier alpha value is -5.34. The molecule has 6 aromatic carbocycles. The van der Waals surface area contributed by atoms with Gasteiger partial charge in [-0.15, -0.1) is 0 Å². The minimum atomic E-state index is 0.00669. The van der Waals surface area contributed by atoms with E-state index in [1.54, 1.807) is 0 Å². The van der Waals surface area contributed by atoms with Gasteiger partial charge < -0.3 is 0 Å². The molecule has 0 atom stereocenters. The molecule has 0 radical (unpaired) electrons. The van der Waals surface area contributed by atoms with Crippen molar-refractivity contribution in [3.63, 3.8) is 0 Å². The van der Waals surface area contributed by atoms with E-state index in [0.717, 1.165) is 11.4 Å². The van der Waals surface area contributed by atoms with Gasteiger partial charge in [-0.3, -0.25) is 9.13 Å². The maximum absolute atomic E-state index is 2.43. The number of aromatic nitrogens is 2. The molecule has 1 aliphatic carbocycles. The third-order valence-corrected chi connectivity index (χ3v) is 9.51. The van der Waals surface area contributed by atoms with Crippen LogP contribution in [0.2, 0.25) is 0 Å². The number of fused-ring (bicyclic) bond motifs is 8. The summed E-state index contributed by atoms with van der Waals surface area (Å²) in [6, 6.07) is 53.3. The van der Waals surface area contributed by atoms with E-state index >= 15 is 0 Å². The molecule has 0 fully saturated rings. The second-order valence-corrected chi connectivity index (χ2v) is 12.2. The summed E-state index contributed by atoms with van der Waals surface area (Å²) >= 11 is 0. The van der Waals surface area contributed by atoms with E-state index < -0.39 is 0 Å². The SMILES string of the molecule is CC1(C)c2ccccc2-c2cc(-c3ccc4c(c3)c3c5ccccc5n(-c5ccccc5)c3n4-c3ccccc3)ccc21. The molecule has 0 saturated heterocycles. The van der Waals surface area contributed by atoms with Crippen LogP contribution in [-0.4, -0.2) is 9.13 Å². The summed E-state index contributed by atoms with van der Waals surface area (Å²) in [4.78, 5) is 0. The van der Waals surface area contributed by atoms with Crippen molar-refractivity contribution < 1.29 is 0 Å². The first-order chi connectivity index (χ1) is 21.1. The van der Waals surface area contributed by atoms with Crippen molar-refractivity contribution >= 4 is 32.8 Å². The zero-order valence-electron chi connectivity index (χ0n) is 24.3. The van der Waals surface area contributed by atoms with Gasteiger partial charge in [-0.1, -0.05) is 111 Å². The molecule has 204 valence electrons. The maximum atomic E-state index is 2.43. The van der Waals surface area contributed by atoms with Crippen molar-refractivity contribution in [3.05, 3.63) is 157 Å². The summed E-state index contributed by atoms with van der Waals surface area (Å²) in [7, 11) is 0. The third kappa shape index (κ3) is 3.35. The van der Waals surface area contributed by atoms with Crippen LogP contribution in [-0.2, 0) is 5.41 Å². The predicted octanol–water partition coefficient (Wildman–Crippen LogP) is 10.7. The lowest BCUT2D eigenvalue weighted by molar-refractivity contribution is 0.660. The fourth-order valence-electron chi connectivity index (χ4n) is 7.51. The number of nitrogens with zero attached hydrogens (tertiary/aromatic N) is 2. The molecule has 2 nitrogen and oxygen atoms in total. The summed E-state index contributed by atoms with van der Waals surface area (Å²) in [6.07, 6.45) is 0. The van der Waals surface area contributed by atoms with Crippen molar-refractivity contribution in [2.24, 2.45) is 0 Å². The highest BCUT2D eigenvalue weighted by molar-refractivity contribution is 6.23. The van der Waals surface area contributed by atoms with Crippen LogP contribution in [0.25, 0.3) is 66.5 Å². The zero-order valence-corrected chi connectivity index (χ0v) is 24.3. The van der Waals surface area contributed by atoms with Gasteiger partial charge >= 0.3 is 0 Å². The Balaban J connectivity index is 1.36. The monoisotopic (exact) mass is 550 g/mol. The van der Waals surface area contributed by atoms with E-state index in [-0.39, 0.29) is 5.41 Å². The molecule has 0 spiro atoms. The number of benzene rings is 6. The Bertz CT molecular complexity index is 2350. The first-order valence-electron chi connectivity index (χ1n) is 15.0. The number of rotatable bonds is 3. The summed E-state index contributed by atoms with van der Waals surface area (Å²) < 4.78 is 4.86. The molecular weight excluding hydrogens is 520 g/mol. The number of para-hydroxylation sites is 3. The van der Waals surface area contributed by atoms with Crippen LogP contribution in [0.1, 0.15) is 25.0 Å². The minimum Gasteiger partial charge on any atom is -0.295 e. The first kappa shape index (κ1) is 24.3. The van der Waals surface area contributed by atoms with Crippen LogP contribution in [0.4, 0.5) is 0 Å². The molecular formula is C41H30N2. The molecule has 0 aliphatic heterocycles. The van der Waals surface area contributed by atoms with Gasteiger partial charge in [0, 0.05) is 32.9 Å². The molecule has 0 bridgehead atoms. The lowest BCUT2D eigenvalue weighted by Gasteiger charge is -2.21. The third-order valence-electron chi connectivity index (χ3n) is 9.51. The normalized spacial score (nSPS) is 13.5. The molecule has 8 aromatic rings. The number of hydrogen-bond donors (Lipinski definition) is 0. The van der Waals surface area contributed by atoms with Crippen LogP contribution < -0.4 is 0 Å². The molecule has 1 aliphatic rings. The topological polar surface area (TPSA) is 9.86 Å². The van der Waals surface area contributed by atoms with E-state index in [1.165, 1.54) is 66.2 Å². The number of hydrogen-bond acceptors (Lipinski definition) is 0. The van der Waals surface area contributed by atoms with E-state index in [9.17, 15) is 0 Å². The van der Waals surface area contributed by atoms with Crippen LogP contribution in [0, 0.1) is 0 Å². The fourth-order valence-corrected chi connectivity index (χ4v) is 7.51. The van der Waals surface area contributed by atoms with Gasteiger partial charge in [-0.2, -0.15) is 0 Å². The van der Waals surface area contributed by atoms with Crippen LogP contribution in [0.5, 0.6) is 0 Å². The van der Waals surface area contributed by atoms with Gasteiger partial charge in [-0.25, -0.2) is 0 Å². The summed E-state index contributed by atoms with van der Waals surface area (Å²) in [5.41, 5.74) is 14.0. The minimum absolute atomic E-state index is 0.00669. The van der Waals surface area contributed by atoms with Gasteiger partial charge in [0.05, 0.1) is 11.0 Å². The molecule has 9 rings (SSSR count). The molecule has 0 N–H and O–H groups in total. The lowest BCUT2D eigenvalue weighted by atomic mass is 9.82. The van der Waals surface area contributed by atoms with Gasteiger partial charge in [0.1, 0.15) is 5.65 Å². The van der Waals surface area contributed by atoms with Crippen LogP contribution in [0.15, 0.2) is 146 Å². The molecule has 2 aromatic heterocycles. The van der Waals surface area contributed by atoms with Crippen molar-refractivity contribution in [1.29, 1.82) is 0 Å². The van der Waals surface area contributed by atoms with Gasteiger partial charge in [0.15, 0.2) is 0 Å². The summed E-state index contributed by atoms with van der Waals surface area (Å²) in [5, 5.41) is 3.82. The largest absolute Gasteiger partial charge is 0.295 e. The molecule has 2 heterocycles. The van der Waals surface area contributed by atoms with E-state index in [4.69, 9.17) is 0 Å². The van der Waals surface area contributed by atoms with E-state index in [2.05, 4.69) is 169 Å². The standard InChI is InChI=1S/C41H30N2/c1-41(2)35-19-11-9-17-31(35)33-25-27(21-23-36(33)41)28-22-24-38-34(26-28)39-32-18-10-12-20-37(32)42(29-13-5-3-6-14-29)40(39)43(38)30-15-7-4-8-16-30/h3-26H,1-2H3. The van der Waals surface area contributed by atoms with Crippen molar-refractivity contribution in [2.75, 3.05) is 0 Å². The highest BCUT2D eigenvalue weighted by Crippen LogP contribution is 2.50. The zero-order chi connectivity index (χ0) is 28.7. The van der Waals surface area contributed by atoms with Crippen LogP contribution >= 0.6 is 0 Å². The fraction of sp³-hybridized carbons (Fsp3) is 0.0732. The van der Waals surface area contributed by atoms with Crippen molar-refractivity contribution in [2.45, 2.75) is 19.3 Å². The van der Waals surface area contributed by atoms with E-state index in [1.807, 2.05) is 0 Å². The van der Waals surface area contributed by atoms with E-state index in [0.29, 0.717) is 0 Å². The average molecular weight is 551 g/mol. The highest BCUT2D eigenvalue weighted by Gasteiger charge is 2.35. The summed E-state index contributed by atoms with van der Waals surface area (Å²) in [5.74, 6) is 0. The molecule has 0 amide bonds. The molecule has 2 heteroatoms. The maximum Gasteiger partial charge on any atom is 0.131 e. The van der Waals surface area contributed by atoms with Gasteiger partial charge in [0.2, 0.25) is 0 Å². The smallest absolute Gasteiger partial charge is 0.131 e. The Morgan fingerprint density at radius 2 is 1.00 bits per heavy atom. The molecule has 43 heavy (non-hydrogen) atoms. The Morgan fingerprint density at radius 3 is 1.74 bits per heavy atom.